The highest BCUT2D eigenvalue weighted by atomic mass is 35.5. The van der Waals surface area contributed by atoms with Gasteiger partial charge in [0.15, 0.2) is 23.9 Å². The number of anilines is 1. The number of aromatic nitrogens is 2. The van der Waals surface area contributed by atoms with Gasteiger partial charge in [0.2, 0.25) is 0 Å². The number of nitrogens with one attached hydrogen (secondary N) is 1. The molecule has 0 atom stereocenters. The topological polar surface area (TPSA) is 94.8 Å². The number of rotatable bonds is 8. The molecule has 0 saturated carbocycles. The molecule has 1 N–H and O–H groups in total. The molecular formula is C30H22Cl2N4O4. The Balaban J connectivity index is 1.42. The number of hydrogen-bond donors (Lipinski definition) is 1. The van der Waals surface area contributed by atoms with Gasteiger partial charge in [-0.05, 0) is 54.1 Å². The standard InChI is InChI=1S/C30H22Cl2N4O4/c1-39-26-16-19(15-24(32)28(26)40-18-27(37)34-22-13-11-21(31)12-14-22)17-33-36-29(20-7-3-2-4-8-20)35-25-10-6-5-9-23(25)30(36)38/h2-17H,18H2,1H3,(H,34,37). The highest BCUT2D eigenvalue weighted by Crippen LogP contribution is 2.36. The van der Waals surface area contributed by atoms with Crippen LogP contribution in [-0.2, 0) is 4.79 Å². The molecular weight excluding hydrogens is 551 g/mol. The Bertz CT molecular complexity index is 1770. The second-order valence-corrected chi connectivity index (χ2v) is 9.40. The van der Waals surface area contributed by atoms with Gasteiger partial charge in [-0.1, -0.05) is 65.7 Å². The minimum Gasteiger partial charge on any atom is -0.493 e. The first-order chi connectivity index (χ1) is 19.4. The third-order valence-electron chi connectivity index (χ3n) is 5.84. The SMILES string of the molecule is COc1cc(C=Nn2c(-c3ccccc3)nc3ccccc3c2=O)cc(Cl)c1OCC(=O)Nc1ccc(Cl)cc1. The molecule has 4 aromatic carbocycles. The van der Waals surface area contributed by atoms with Gasteiger partial charge < -0.3 is 14.8 Å². The number of amides is 1. The van der Waals surface area contributed by atoms with E-state index < -0.39 is 0 Å². The fourth-order valence-electron chi connectivity index (χ4n) is 3.95. The minimum atomic E-state index is -0.386. The molecule has 0 unspecified atom stereocenters. The molecule has 0 fully saturated rings. The molecule has 5 aromatic rings. The van der Waals surface area contributed by atoms with Crippen molar-refractivity contribution in [3.05, 3.63) is 117 Å². The van der Waals surface area contributed by atoms with Gasteiger partial charge in [-0.2, -0.15) is 9.78 Å². The quantitative estimate of drug-likeness (QED) is 0.221. The zero-order valence-corrected chi connectivity index (χ0v) is 22.7. The predicted molar refractivity (Wildman–Crippen MR) is 158 cm³/mol. The van der Waals surface area contributed by atoms with Crippen molar-refractivity contribution in [1.29, 1.82) is 0 Å². The van der Waals surface area contributed by atoms with Crippen molar-refractivity contribution >= 4 is 51.9 Å². The lowest BCUT2D eigenvalue weighted by Gasteiger charge is -2.13. The number of halogens is 2. The smallest absolute Gasteiger partial charge is 0.282 e. The Morgan fingerprint density at radius 3 is 2.48 bits per heavy atom. The summed E-state index contributed by atoms with van der Waals surface area (Å²) in [6.07, 6.45) is 1.48. The average Bonchev–Trinajstić information content (AvgIpc) is 2.97. The van der Waals surface area contributed by atoms with Crippen molar-refractivity contribution in [2.45, 2.75) is 0 Å². The number of fused-ring (bicyclic) bond motifs is 1. The Labute approximate surface area is 239 Å². The summed E-state index contributed by atoms with van der Waals surface area (Å²) in [5.74, 6) is 0.496. The number of carbonyl (C=O) groups excluding carboxylic acids is 1. The maximum Gasteiger partial charge on any atom is 0.282 e. The molecule has 0 aliphatic carbocycles. The first kappa shape index (κ1) is 26.9. The van der Waals surface area contributed by atoms with Crippen molar-refractivity contribution < 1.29 is 14.3 Å². The zero-order chi connectivity index (χ0) is 28.1. The lowest BCUT2D eigenvalue weighted by Crippen LogP contribution is -2.20. The third kappa shape index (κ3) is 5.98. The summed E-state index contributed by atoms with van der Waals surface area (Å²) < 4.78 is 12.4. The lowest BCUT2D eigenvalue weighted by atomic mass is 10.2. The van der Waals surface area contributed by atoms with E-state index in [1.54, 1.807) is 54.6 Å². The molecule has 40 heavy (non-hydrogen) atoms. The molecule has 8 nitrogen and oxygen atoms in total. The van der Waals surface area contributed by atoms with Gasteiger partial charge in [0.25, 0.3) is 11.5 Å². The van der Waals surface area contributed by atoms with Crippen molar-refractivity contribution in [3.8, 4) is 22.9 Å². The van der Waals surface area contributed by atoms with E-state index in [0.29, 0.717) is 38.8 Å². The van der Waals surface area contributed by atoms with E-state index in [1.807, 2.05) is 36.4 Å². The summed E-state index contributed by atoms with van der Waals surface area (Å²) in [5, 5.41) is 8.38. The number of carbonyl (C=O) groups is 1. The zero-order valence-electron chi connectivity index (χ0n) is 21.2. The monoisotopic (exact) mass is 572 g/mol. The first-order valence-electron chi connectivity index (χ1n) is 12.1. The molecule has 0 aliphatic rings. The molecule has 5 rings (SSSR count). The molecule has 200 valence electrons. The average molecular weight is 573 g/mol. The normalized spacial score (nSPS) is 11.1. The van der Waals surface area contributed by atoms with E-state index in [0.717, 1.165) is 5.56 Å². The van der Waals surface area contributed by atoms with Gasteiger partial charge in [0.05, 0.1) is 29.2 Å². The molecule has 0 spiro atoms. The van der Waals surface area contributed by atoms with Crippen LogP contribution in [0.1, 0.15) is 5.56 Å². The summed E-state index contributed by atoms with van der Waals surface area (Å²) in [6.45, 7) is -0.301. The molecule has 0 bridgehead atoms. The van der Waals surface area contributed by atoms with Crippen molar-refractivity contribution in [2.24, 2.45) is 5.10 Å². The Hall–Kier alpha value is -4.66. The second kappa shape index (κ2) is 12.0. The van der Waals surface area contributed by atoms with Gasteiger partial charge >= 0.3 is 0 Å². The fourth-order valence-corrected chi connectivity index (χ4v) is 4.35. The fraction of sp³-hybridized carbons (Fsp3) is 0.0667. The van der Waals surface area contributed by atoms with Gasteiger partial charge in [0, 0.05) is 16.3 Å². The number of ether oxygens (including phenoxy) is 2. The van der Waals surface area contributed by atoms with Gasteiger partial charge in [0.1, 0.15) is 0 Å². The summed E-state index contributed by atoms with van der Waals surface area (Å²) in [4.78, 5) is 30.4. The minimum absolute atomic E-state index is 0.196. The van der Waals surface area contributed by atoms with Crippen molar-refractivity contribution in [3.63, 3.8) is 0 Å². The van der Waals surface area contributed by atoms with Crippen LogP contribution < -0.4 is 20.3 Å². The highest BCUT2D eigenvalue weighted by molar-refractivity contribution is 6.32. The van der Waals surface area contributed by atoms with Crippen molar-refractivity contribution in [1.82, 2.24) is 9.66 Å². The maximum atomic E-state index is 13.4. The molecule has 1 aromatic heterocycles. The van der Waals surface area contributed by atoms with E-state index in [4.69, 9.17) is 37.7 Å². The first-order valence-corrected chi connectivity index (χ1v) is 12.9. The number of nitrogens with zero attached hydrogens (tertiary/aromatic N) is 3. The van der Waals surface area contributed by atoms with E-state index in [2.05, 4.69) is 10.4 Å². The van der Waals surface area contributed by atoms with E-state index in [9.17, 15) is 9.59 Å². The maximum absolute atomic E-state index is 13.4. The van der Waals surface area contributed by atoms with Crippen LogP contribution in [0.3, 0.4) is 0 Å². The van der Waals surface area contributed by atoms with Crippen LogP contribution in [0.4, 0.5) is 5.69 Å². The number of hydrogen-bond acceptors (Lipinski definition) is 6. The summed E-state index contributed by atoms with van der Waals surface area (Å²) in [5.41, 5.74) is 2.11. The van der Waals surface area contributed by atoms with E-state index in [-0.39, 0.29) is 28.8 Å². The van der Waals surface area contributed by atoms with Gasteiger partial charge in [-0.3, -0.25) is 9.59 Å². The number of methoxy groups -OCH3 is 1. The molecule has 0 aliphatic heterocycles. The van der Waals surface area contributed by atoms with E-state index >= 15 is 0 Å². The predicted octanol–water partition coefficient (Wildman–Crippen LogP) is 6.28. The molecule has 1 amide bonds. The Kier molecular flexibility index (Phi) is 8.10. The lowest BCUT2D eigenvalue weighted by molar-refractivity contribution is -0.118. The van der Waals surface area contributed by atoms with Crippen LogP contribution in [0.15, 0.2) is 101 Å². The van der Waals surface area contributed by atoms with Crippen LogP contribution in [0.25, 0.3) is 22.3 Å². The van der Waals surface area contributed by atoms with Crippen LogP contribution >= 0.6 is 23.2 Å². The van der Waals surface area contributed by atoms with Crippen molar-refractivity contribution in [2.75, 3.05) is 19.0 Å². The highest BCUT2D eigenvalue weighted by Gasteiger charge is 2.15. The Morgan fingerprint density at radius 1 is 1.00 bits per heavy atom. The molecule has 1 heterocycles. The second-order valence-electron chi connectivity index (χ2n) is 8.56. The Morgan fingerprint density at radius 2 is 1.73 bits per heavy atom. The van der Waals surface area contributed by atoms with Crippen LogP contribution in [0, 0.1) is 0 Å². The third-order valence-corrected chi connectivity index (χ3v) is 6.37. The van der Waals surface area contributed by atoms with Gasteiger partial charge in [-0.15, -0.1) is 0 Å². The van der Waals surface area contributed by atoms with Crippen LogP contribution in [0.5, 0.6) is 11.5 Å². The number of benzene rings is 4. The van der Waals surface area contributed by atoms with Crippen LogP contribution in [-0.4, -0.2) is 35.5 Å². The van der Waals surface area contributed by atoms with Crippen LogP contribution in [0.2, 0.25) is 10.0 Å². The summed E-state index contributed by atoms with van der Waals surface area (Å²) in [6, 6.07) is 26.4. The summed E-state index contributed by atoms with van der Waals surface area (Å²) in [7, 11) is 1.46. The van der Waals surface area contributed by atoms with Gasteiger partial charge in [-0.25, -0.2) is 4.98 Å². The molecule has 0 radical (unpaired) electrons. The molecule has 0 saturated heterocycles. The van der Waals surface area contributed by atoms with E-state index in [1.165, 1.54) is 18.0 Å². The largest absolute Gasteiger partial charge is 0.493 e. The molecule has 10 heteroatoms. The summed E-state index contributed by atoms with van der Waals surface area (Å²) >= 11 is 12.4. The number of para-hydroxylation sites is 1.